The highest BCUT2D eigenvalue weighted by Gasteiger charge is 2.23. The van der Waals surface area contributed by atoms with Gasteiger partial charge >= 0.3 is 5.97 Å². The second kappa shape index (κ2) is 5.79. The van der Waals surface area contributed by atoms with Crippen molar-refractivity contribution in [1.82, 2.24) is 0 Å². The average molecular weight is 267 g/mol. The predicted molar refractivity (Wildman–Crippen MR) is 67.3 cm³/mol. The van der Waals surface area contributed by atoms with Crippen LogP contribution in [0.1, 0.15) is 24.9 Å². The van der Waals surface area contributed by atoms with Crippen LogP contribution in [-0.4, -0.2) is 26.5 Å². The predicted octanol–water partition coefficient (Wildman–Crippen LogP) is 1.38. The van der Waals surface area contributed by atoms with E-state index < -0.39 is 6.04 Å². The van der Waals surface area contributed by atoms with E-state index in [4.69, 9.17) is 24.7 Å². The van der Waals surface area contributed by atoms with Crippen LogP contribution in [0.3, 0.4) is 0 Å². The first-order valence-electron chi connectivity index (χ1n) is 6.04. The van der Waals surface area contributed by atoms with Crippen molar-refractivity contribution in [3.05, 3.63) is 17.7 Å². The Balaban J connectivity index is 2.18. The molecule has 104 valence electrons. The molecule has 0 radical (unpaired) electrons. The van der Waals surface area contributed by atoms with E-state index in [0.29, 0.717) is 23.9 Å². The van der Waals surface area contributed by atoms with Crippen LogP contribution >= 0.6 is 0 Å². The van der Waals surface area contributed by atoms with Crippen molar-refractivity contribution in [2.24, 2.45) is 5.73 Å². The first-order valence-corrected chi connectivity index (χ1v) is 6.04. The Morgan fingerprint density at radius 1 is 1.47 bits per heavy atom. The monoisotopic (exact) mass is 267 g/mol. The lowest BCUT2D eigenvalue weighted by Crippen LogP contribution is -2.17. The molecule has 1 heterocycles. The number of ether oxygens (including phenoxy) is 4. The molecule has 0 amide bonds. The molecule has 1 aromatic carbocycles. The van der Waals surface area contributed by atoms with Crippen molar-refractivity contribution in [2.45, 2.75) is 19.4 Å². The fourth-order valence-corrected chi connectivity index (χ4v) is 1.88. The molecule has 2 N–H and O–H groups in total. The minimum Gasteiger partial charge on any atom is -0.493 e. The van der Waals surface area contributed by atoms with E-state index in [2.05, 4.69) is 0 Å². The molecule has 1 aromatic rings. The molecule has 0 spiro atoms. The number of hydrogen-bond acceptors (Lipinski definition) is 6. The van der Waals surface area contributed by atoms with Gasteiger partial charge in [-0.3, -0.25) is 4.79 Å². The van der Waals surface area contributed by atoms with Crippen LogP contribution < -0.4 is 19.9 Å². The molecule has 0 saturated heterocycles. The molecule has 0 aliphatic carbocycles. The maximum Gasteiger partial charge on any atom is 0.307 e. The van der Waals surface area contributed by atoms with Crippen molar-refractivity contribution < 1.29 is 23.7 Å². The van der Waals surface area contributed by atoms with Crippen LogP contribution in [0.5, 0.6) is 17.2 Å². The lowest BCUT2D eigenvalue weighted by molar-refractivity contribution is -0.143. The number of hydrogen-bond donors (Lipinski definition) is 1. The van der Waals surface area contributed by atoms with Gasteiger partial charge in [-0.05, 0) is 24.6 Å². The van der Waals surface area contributed by atoms with Gasteiger partial charge in [0.1, 0.15) is 0 Å². The van der Waals surface area contributed by atoms with Gasteiger partial charge in [0.2, 0.25) is 12.5 Å². The minimum atomic E-state index is -0.470. The third-order valence-electron chi connectivity index (χ3n) is 2.80. The Morgan fingerprint density at radius 2 is 2.26 bits per heavy atom. The van der Waals surface area contributed by atoms with E-state index in [9.17, 15) is 4.79 Å². The molecule has 0 aromatic heterocycles. The van der Waals surface area contributed by atoms with Gasteiger partial charge in [-0.2, -0.15) is 0 Å². The van der Waals surface area contributed by atoms with Crippen LogP contribution in [-0.2, 0) is 9.53 Å². The zero-order valence-corrected chi connectivity index (χ0v) is 11.0. The highest BCUT2D eigenvalue weighted by atomic mass is 16.7. The highest BCUT2D eigenvalue weighted by Crippen LogP contribution is 2.43. The Hall–Kier alpha value is -1.95. The summed E-state index contributed by atoms with van der Waals surface area (Å²) in [6.07, 6.45) is 0.108. The van der Waals surface area contributed by atoms with Crippen molar-refractivity contribution in [3.63, 3.8) is 0 Å². The number of carbonyl (C=O) groups is 1. The third-order valence-corrected chi connectivity index (χ3v) is 2.80. The second-order valence-corrected chi connectivity index (χ2v) is 4.07. The average Bonchev–Trinajstić information content (AvgIpc) is 2.85. The summed E-state index contributed by atoms with van der Waals surface area (Å²) >= 11 is 0. The Labute approximate surface area is 111 Å². The maximum absolute atomic E-state index is 11.4. The summed E-state index contributed by atoms with van der Waals surface area (Å²) in [5.74, 6) is 1.36. The van der Waals surface area contributed by atoms with Crippen molar-refractivity contribution in [3.8, 4) is 17.2 Å². The molecule has 0 fully saturated rings. The van der Waals surface area contributed by atoms with Crippen LogP contribution in [0.25, 0.3) is 0 Å². The molecule has 0 bridgehead atoms. The van der Waals surface area contributed by atoms with Crippen molar-refractivity contribution in [1.29, 1.82) is 0 Å². The number of rotatable bonds is 5. The van der Waals surface area contributed by atoms with E-state index in [0.717, 1.165) is 5.56 Å². The van der Waals surface area contributed by atoms with Crippen LogP contribution in [0.4, 0.5) is 0 Å². The van der Waals surface area contributed by atoms with E-state index in [-0.39, 0.29) is 19.2 Å². The number of fused-ring (bicyclic) bond motifs is 1. The summed E-state index contributed by atoms with van der Waals surface area (Å²) in [5, 5.41) is 0. The summed E-state index contributed by atoms with van der Waals surface area (Å²) in [7, 11) is 1.54. The summed E-state index contributed by atoms with van der Waals surface area (Å²) in [4.78, 5) is 11.4. The zero-order valence-electron chi connectivity index (χ0n) is 11.0. The Morgan fingerprint density at radius 3 is 2.95 bits per heavy atom. The number of carbonyl (C=O) groups excluding carboxylic acids is 1. The topological polar surface area (TPSA) is 80.0 Å². The number of methoxy groups -OCH3 is 1. The summed E-state index contributed by atoms with van der Waals surface area (Å²) < 4.78 is 20.7. The fourth-order valence-electron chi connectivity index (χ4n) is 1.88. The first-order chi connectivity index (χ1) is 9.15. The largest absolute Gasteiger partial charge is 0.493 e. The Kier molecular flexibility index (Phi) is 4.11. The van der Waals surface area contributed by atoms with E-state index in [1.54, 1.807) is 19.1 Å². The smallest absolute Gasteiger partial charge is 0.307 e. The van der Waals surface area contributed by atoms with Gasteiger partial charge in [-0.25, -0.2) is 0 Å². The SMILES string of the molecule is CCOC(=O)C[C@H](N)c1cc(OC)c2c(c1)OCO2. The van der Waals surface area contributed by atoms with Crippen molar-refractivity contribution >= 4 is 5.97 Å². The lowest BCUT2D eigenvalue weighted by Gasteiger charge is -2.13. The molecule has 2 rings (SSSR count). The van der Waals surface area contributed by atoms with Crippen LogP contribution in [0.15, 0.2) is 12.1 Å². The summed E-state index contributed by atoms with van der Waals surface area (Å²) in [6, 6.07) is 3.04. The molecule has 19 heavy (non-hydrogen) atoms. The second-order valence-electron chi connectivity index (χ2n) is 4.07. The molecule has 0 unspecified atom stereocenters. The molecule has 6 nitrogen and oxygen atoms in total. The minimum absolute atomic E-state index is 0.108. The van der Waals surface area contributed by atoms with E-state index in [1.807, 2.05) is 0 Å². The van der Waals surface area contributed by atoms with E-state index in [1.165, 1.54) is 7.11 Å². The van der Waals surface area contributed by atoms with Crippen molar-refractivity contribution in [2.75, 3.05) is 20.5 Å². The molecule has 0 saturated carbocycles. The van der Waals surface area contributed by atoms with E-state index >= 15 is 0 Å². The van der Waals surface area contributed by atoms with Gasteiger partial charge in [0.25, 0.3) is 0 Å². The molecular weight excluding hydrogens is 250 g/mol. The lowest BCUT2D eigenvalue weighted by atomic mass is 10.0. The van der Waals surface area contributed by atoms with Gasteiger partial charge < -0.3 is 24.7 Å². The number of benzene rings is 1. The standard InChI is InChI=1S/C13H17NO5/c1-3-17-12(15)6-9(14)8-4-10(16-2)13-11(5-8)18-7-19-13/h4-5,9H,3,6-7,14H2,1-2H3/t9-/m0/s1. The quantitative estimate of drug-likeness (QED) is 0.812. The zero-order chi connectivity index (χ0) is 13.8. The van der Waals surface area contributed by atoms with Crippen LogP contribution in [0, 0.1) is 0 Å². The highest BCUT2D eigenvalue weighted by molar-refractivity contribution is 5.70. The number of esters is 1. The fraction of sp³-hybridized carbons (Fsp3) is 0.462. The van der Waals surface area contributed by atoms with Gasteiger partial charge in [-0.1, -0.05) is 0 Å². The number of nitrogens with two attached hydrogens (primary N) is 1. The summed E-state index contributed by atoms with van der Waals surface area (Å²) in [6.45, 7) is 2.26. The van der Waals surface area contributed by atoms with Gasteiger partial charge in [0.15, 0.2) is 11.5 Å². The molecule has 6 heteroatoms. The third kappa shape index (κ3) is 2.90. The molecule has 1 aliphatic rings. The first kappa shape index (κ1) is 13.5. The van der Waals surface area contributed by atoms with Gasteiger partial charge in [0, 0.05) is 6.04 Å². The molecule has 1 atom stereocenters. The summed E-state index contributed by atoms with van der Waals surface area (Å²) in [5.41, 5.74) is 6.74. The maximum atomic E-state index is 11.4. The van der Waals surface area contributed by atoms with Crippen LogP contribution in [0.2, 0.25) is 0 Å². The van der Waals surface area contributed by atoms with Gasteiger partial charge in [-0.15, -0.1) is 0 Å². The Bertz CT molecular complexity index is 474. The molecular formula is C13H17NO5. The molecule has 1 aliphatic heterocycles. The normalized spacial score (nSPS) is 14.1. The van der Waals surface area contributed by atoms with Gasteiger partial charge in [0.05, 0.1) is 20.1 Å².